The van der Waals surface area contributed by atoms with Crippen LogP contribution in [-0.4, -0.2) is 29.7 Å². The molecule has 0 radical (unpaired) electrons. The lowest BCUT2D eigenvalue weighted by atomic mass is 10.2. The summed E-state index contributed by atoms with van der Waals surface area (Å²) in [5.74, 6) is 5.30. The van der Waals surface area contributed by atoms with Gasteiger partial charge in [0.2, 0.25) is 0 Å². The maximum atomic E-state index is 10.8. The second-order valence-corrected chi connectivity index (χ2v) is 3.85. The summed E-state index contributed by atoms with van der Waals surface area (Å²) in [6.45, 7) is 3.14. The third-order valence-corrected chi connectivity index (χ3v) is 2.51. The first-order valence-electron chi connectivity index (χ1n) is 5.74. The van der Waals surface area contributed by atoms with E-state index < -0.39 is 4.92 Å². The topological polar surface area (TPSA) is 105 Å². The van der Waals surface area contributed by atoms with Crippen LogP contribution in [0.2, 0.25) is 0 Å². The third-order valence-electron chi connectivity index (χ3n) is 2.51. The van der Waals surface area contributed by atoms with Crippen molar-refractivity contribution in [3.05, 3.63) is 28.3 Å². The van der Waals surface area contributed by atoms with Gasteiger partial charge in [-0.25, -0.2) is 0 Å². The molecule has 100 valence electrons. The molecule has 0 atom stereocenters. The van der Waals surface area contributed by atoms with Gasteiger partial charge in [0.1, 0.15) is 0 Å². The highest BCUT2D eigenvalue weighted by Gasteiger charge is 2.13. The smallest absolute Gasteiger partial charge is 0.273 e. The Morgan fingerprint density at radius 3 is 2.67 bits per heavy atom. The molecule has 0 unspecified atom stereocenters. The Morgan fingerprint density at radius 1 is 1.44 bits per heavy atom. The summed E-state index contributed by atoms with van der Waals surface area (Å²) in [4.78, 5) is 12.2. The maximum Gasteiger partial charge on any atom is 0.273 e. The van der Waals surface area contributed by atoms with E-state index in [0.29, 0.717) is 24.5 Å². The van der Waals surface area contributed by atoms with Crippen LogP contribution in [0, 0.1) is 10.1 Å². The monoisotopic (exact) mass is 254 g/mol. The number of benzene rings is 1. The molecule has 0 aliphatic rings. The SMILES string of the molecule is CCCN(CCO)c1cc(NN)cc([N+](=O)[O-])c1. The van der Waals surface area contributed by atoms with E-state index in [-0.39, 0.29) is 12.3 Å². The second-order valence-electron chi connectivity index (χ2n) is 3.85. The number of rotatable bonds is 7. The lowest BCUT2D eigenvalue weighted by molar-refractivity contribution is -0.384. The van der Waals surface area contributed by atoms with Gasteiger partial charge in [-0.1, -0.05) is 6.92 Å². The van der Waals surface area contributed by atoms with Crippen molar-refractivity contribution in [1.29, 1.82) is 0 Å². The zero-order valence-electron chi connectivity index (χ0n) is 10.3. The largest absolute Gasteiger partial charge is 0.395 e. The first-order valence-corrected chi connectivity index (χ1v) is 5.74. The molecule has 0 fully saturated rings. The normalized spacial score (nSPS) is 10.2. The van der Waals surface area contributed by atoms with Crippen molar-refractivity contribution >= 4 is 17.1 Å². The van der Waals surface area contributed by atoms with Gasteiger partial charge in [-0.05, 0) is 12.5 Å². The van der Waals surface area contributed by atoms with Gasteiger partial charge in [-0.2, -0.15) is 0 Å². The number of nitrogens with two attached hydrogens (primary N) is 1. The first kappa shape index (κ1) is 14.2. The van der Waals surface area contributed by atoms with Gasteiger partial charge < -0.3 is 15.4 Å². The van der Waals surface area contributed by atoms with E-state index in [9.17, 15) is 10.1 Å². The molecule has 18 heavy (non-hydrogen) atoms. The van der Waals surface area contributed by atoms with Crippen molar-refractivity contribution in [2.24, 2.45) is 5.84 Å². The van der Waals surface area contributed by atoms with E-state index >= 15 is 0 Å². The minimum Gasteiger partial charge on any atom is -0.395 e. The van der Waals surface area contributed by atoms with Crippen LogP contribution in [-0.2, 0) is 0 Å². The summed E-state index contributed by atoms with van der Waals surface area (Å²) in [6.07, 6.45) is 0.883. The highest BCUT2D eigenvalue weighted by atomic mass is 16.6. The minimum absolute atomic E-state index is 0.00587. The number of hydrogen-bond donors (Lipinski definition) is 3. The molecule has 1 rings (SSSR count). The van der Waals surface area contributed by atoms with Crippen LogP contribution in [0.1, 0.15) is 13.3 Å². The number of nitro benzene ring substituents is 1. The van der Waals surface area contributed by atoms with Gasteiger partial charge in [0.15, 0.2) is 0 Å². The standard InChI is InChI=1S/C11H18N4O3/c1-2-3-14(4-5-16)10-6-9(13-12)7-11(8-10)15(17)18/h6-8,13,16H,2-5,12H2,1H3. The van der Waals surface area contributed by atoms with E-state index in [4.69, 9.17) is 10.9 Å². The molecule has 1 aromatic carbocycles. The molecule has 4 N–H and O–H groups in total. The van der Waals surface area contributed by atoms with Gasteiger partial charge in [0, 0.05) is 30.9 Å². The molecule has 7 nitrogen and oxygen atoms in total. The lowest BCUT2D eigenvalue weighted by Gasteiger charge is -2.23. The molecule has 0 saturated carbocycles. The van der Waals surface area contributed by atoms with Crippen molar-refractivity contribution in [3.8, 4) is 0 Å². The number of anilines is 2. The van der Waals surface area contributed by atoms with Crippen LogP contribution in [0.5, 0.6) is 0 Å². The predicted molar refractivity (Wildman–Crippen MR) is 70.5 cm³/mol. The average molecular weight is 254 g/mol. The van der Waals surface area contributed by atoms with Crippen LogP contribution in [0.4, 0.5) is 17.1 Å². The van der Waals surface area contributed by atoms with Crippen LogP contribution < -0.4 is 16.2 Å². The van der Waals surface area contributed by atoms with Crippen molar-refractivity contribution in [3.63, 3.8) is 0 Å². The average Bonchev–Trinajstić information content (AvgIpc) is 2.37. The van der Waals surface area contributed by atoms with Crippen LogP contribution >= 0.6 is 0 Å². The van der Waals surface area contributed by atoms with E-state index in [0.717, 1.165) is 6.42 Å². The number of nitrogens with one attached hydrogen (secondary N) is 1. The fourth-order valence-electron chi connectivity index (χ4n) is 1.73. The molecule has 0 aliphatic carbocycles. The lowest BCUT2D eigenvalue weighted by Crippen LogP contribution is -2.27. The Labute approximate surface area is 105 Å². The summed E-state index contributed by atoms with van der Waals surface area (Å²) >= 11 is 0. The second kappa shape index (κ2) is 6.77. The number of hydrogen-bond acceptors (Lipinski definition) is 6. The number of aliphatic hydroxyl groups is 1. The Kier molecular flexibility index (Phi) is 5.34. The Balaban J connectivity index is 3.11. The molecule has 0 aliphatic heterocycles. The minimum atomic E-state index is -0.465. The van der Waals surface area contributed by atoms with Gasteiger partial charge in [-0.15, -0.1) is 0 Å². The Bertz CT molecular complexity index is 405. The molecule has 1 aromatic rings. The zero-order chi connectivity index (χ0) is 13.5. The third kappa shape index (κ3) is 3.57. The zero-order valence-corrected chi connectivity index (χ0v) is 10.3. The summed E-state index contributed by atoms with van der Waals surface area (Å²) in [7, 11) is 0. The molecule has 0 spiro atoms. The first-order chi connectivity index (χ1) is 8.62. The molecular weight excluding hydrogens is 236 g/mol. The Morgan fingerprint density at radius 2 is 2.17 bits per heavy atom. The molecule has 0 saturated heterocycles. The molecule has 0 heterocycles. The van der Waals surface area contributed by atoms with E-state index in [2.05, 4.69) is 5.43 Å². The quantitative estimate of drug-likeness (QED) is 0.382. The van der Waals surface area contributed by atoms with Gasteiger partial charge in [-0.3, -0.25) is 16.0 Å². The van der Waals surface area contributed by atoms with Crippen molar-refractivity contribution in [2.75, 3.05) is 30.0 Å². The van der Waals surface area contributed by atoms with Crippen molar-refractivity contribution in [1.82, 2.24) is 0 Å². The highest BCUT2D eigenvalue weighted by Crippen LogP contribution is 2.26. The predicted octanol–water partition coefficient (Wildman–Crippen LogP) is 1.09. The highest BCUT2D eigenvalue weighted by molar-refractivity contribution is 5.64. The molecule has 0 amide bonds. The number of hydrazine groups is 1. The van der Waals surface area contributed by atoms with E-state index in [1.54, 1.807) is 6.07 Å². The number of nitro groups is 1. The van der Waals surface area contributed by atoms with E-state index in [1.165, 1.54) is 12.1 Å². The van der Waals surface area contributed by atoms with Gasteiger partial charge in [0.25, 0.3) is 5.69 Å². The molecule has 7 heteroatoms. The number of nitrogens with zero attached hydrogens (tertiary/aromatic N) is 2. The van der Waals surface area contributed by atoms with Crippen molar-refractivity contribution < 1.29 is 10.0 Å². The fraction of sp³-hybridized carbons (Fsp3) is 0.455. The Hall–Kier alpha value is -1.86. The van der Waals surface area contributed by atoms with E-state index in [1.807, 2.05) is 11.8 Å². The number of aliphatic hydroxyl groups excluding tert-OH is 1. The molecular formula is C11H18N4O3. The van der Waals surface area contributed by atoms with Crippen LogP contribution in [0.25, 0.3) is 0 Å². The van der Waals surface area contributed by atoms with Gasteiger partial charge in [0.05, 0.1) is 17.2 Å². The number of nitrogen functional groups attached to an aromatic ring is 1. The number of non-ortho nitro benzene ring substituents is 1. The summed E-state index contributed by atoms with van der Waals surface area (Å²) in [5, 5.41) is 19.8. The molecule has 0 aromatic heterocycles. The van der Waals surface area contributed by atoms with Gasteiger partial charge >= 0.3 is 0 Å². The summed E-state index contributed by atoms with van der Waals surface area (Å²) in [6, 6.07) is 4.57. The van der Waals surface area contributed by atoms with Crippen molar-refractivity contribution in [2.45, 2.75) is 13.3 Å². The van der Waals surface area contributed by atoms with Crippen LogP contribution in [0.3, 0.4) is 0 Å². The maximum absolute atomic E-state index is 10.8. The summed E-state index contributed by atoms with van der Waals surface area (Å²) < 4.78 is 0. The molecule has 0 bridgehead atoms. The summed E-state index contributed by atoms with van der Waals surface area (Å²) in [5.41, 5.74) is 3.52. The van der Waals surface area contributed by atoms with Crippen LogP contribution in [0.15, 0.2) is 18.2 Å². The fourth-order valence-corrected chi connectivity index (χ4v) is 1.73.